The molecule has 3 heterocycles. The zero-order chi connectivity index (χ0) is 12.7. The Kier molecular flexibility index (Phi) is 2.71. The van der Waals surface area contributed by atoms with Crippen molar-refractivity contribution in [1.29, 1.82) is 0 Å². The lowest BCUT2D eigenvalue weighted by atomic mass is 9.90. The summed E-state index contributed by atoms with van der Waals surface area (Å²) in [5.41, 5.74) is 0. The number of nitrogens with zero attached hydrogens (tertiary/aromatic N) is 3. The van der Waals surface area contributed by atoms with E-state index in [1.54, 1.807) is 22.0 Å². The summed E-state index contributed by atoms with van der Waals surface area (Å²) < 4.78 is 13.3. The van der Waals surface area contributed by atoms with E-state index in [1.807, 2.05) is 6.20 Å². The number of hydrogen-bond donors (Lipinski definition) is 1. The first-order chi connectivity index (χ1) is 9.33. The fourth-order valence-corrected chi connectivity index (χ4v) is 3.69. The van der Waals surface area contributed by atoms with Crippen LogP contribution in [0.15, 0.2) is 12.4 Å². The van der Waals surface area contributed by atoms with Crippen molar-refractivity contribution in [2.45, 2.75) is 37.5 Å². The molecule has 4 rings (SSSR count). The van der Waals surface area contributed by atoms with E-state index < -0.39 is 0 Å². The summed E-state index contributed by atoms with van der Waals surface area (Å²) in [7, 11) is 0. The Hall–Kier alpha value is -1.18. The topological polar surface area (TPSA) is 60.7 Å². The second-order valence-electron chi connectivity index (χ2n) is 5.09. The molecule has 2 aromatic rings. The molecule has 1 saturated carbocycles. The molecule has 7 heteroatoms. The minimum absolute atomic E-state index is 0.282. The monoisotopic (exact) mass is 280 g/mol. The van der Waals surface area contributed by atoms with Gasteiger partial charge in [-0.1, -0.05) is 11.3 Å². The number of anilines is 1. The molecule has 19 heavy (non-hydrogen) atoms. The predicted molar refractivity (Wildman–Crippen MR) is 71.4 cm³/mol. The second-order valence-corrected chi connectivity index (χ2v) is 6.04. The maximum absolute atomic E-state index is 5.74. The van der Waals surface area contributed by atoms with Gasteiger partial charge in [0.2, 0.25) is 10.1 Å². The molecule has 0 radical (unpaired) electrons. The van der Waals surface area contributed by atoms with Crippen LogP contribution in [0.1, 0.15) is 25.7 Å². The lowest BCUT2D eigenvalue weighted by Gasteiger charge is -2.35. The number of hydrogen-bond acceptors (Lipinski definition) is 6. The molecule has 0 aromatic carbocycles. The van der Waals surface area contributed by atoms with Crippen LogP contribution in [-0.4, -0.2) is 39.6 Å². The van der Waals surface area contributed by atoms with Crippen LogP contribution >= 0.6 is 11.3 Å². The molecule has 6 nitrogen and oxygen atoms in total. The Labute approximate surface area is 114 Å². The van der Waals surface area contributed by atoms with Crippen molar-refractivity contribution in [2.24, 2.45) is 0 Å². The Morgan fingerprint density at radius 2 is 2.11 bits per heavy atom. The van der Waals surface area contributed by atoms with Crippen LogP contribution in [0, 0.1) is 0 Å². The van der Waals surface area contributed by atoms with Crippen LogP contribution in [-0.2, 0) is 9.47 Å². The first kappa shape index (κ1) is 11.6. The highest BCUT2D eigenvalue weighted by atomic mass is 32.1. The van der Waals surface area contributed by atoms with E-state index in [-0.39, 0.29) is 5.79 Å². The molecule has 0 atom stereocenters. The molecule has 1 spiro atoms. The highest BCUT2D eigenvalue weighted by Crippen LogP contribution is 2.36. The van der Waals surface area contributed by atoms with Crippen LogP contribution < -0.4 is 5.32 Å². The third kappa shape index (κ3) is 2.11. The maximum atomic E-state index is 5.74. The zero-order valence-electron chi connectivity index (χ0n) is 10.5. The zero-order valence-corrected chi connectivity index (χ0v) is 11.4. The summed E-state index contributed by atoms with van der Waals surface area (Å²) in [5.74, 6) is -0.282. The van der Waals surface area contributed by atoms with Gasteiger partial charge in [-0.15, -0.1) is 5.10 Å². The molecule has 1 saturated heterocycles. The highest BCUT2D eigenvalue weighted by Gasteiger charge is 2.40. The van der Waals surface area contributed by atoms with Gasteiger partial charge >= 0.3 is 0 Å². The van der Waals surface area contributed by atoms with Crippen LogP contribution in [0.2, 0.25) is 0 Å². The number of nitrogens with one attached hydrogen (secondary N) is 1. The molecule has 0 amide bonds. The van der Waals surface area contributed by atoms with Crippen molar-refractivity contribution >= 4 is 21.4 Å². The molecule has 0 bridgehead atoms. The molecular weight excluding hydrogens is 264 g/mol. The van der Waals surface area contributed by atoms with Crippen molar-refractivity contribution in [3.63, 3.8) is 0 Å². The fraction of sp³-hybridized carbons (Fsp3) is 0.667. The van der Waals surface area contributed by atoms with Crippen LogP contribution in [0.25, 0.3) is 4.96 Å². The predicted octanol–water partition coefficient (Wildman–Crippen LogP) is 1.89. The van der Waals surface area contributed by atoms with Crippen molar-refractivity contribution < 1.29 is 9.47 Å². The number of ether oxygens (including phenoxy) is 2. The summed E-state index contributed by atoms with van der Waals surface area (Å²) in [6.45, 7) is 1.48. The SMILES string of the molecule is c1cn2nc(NC3CCC4(CC3)OCCO4)sc2n1. The molecule has 2 aromatic heterocycles. The average molecular weight is 280 g/mol. The third-order valence-corrected chi connectivity index (χ3v) is 4.73. The molecule has 1 aliphatic heterocycles. The Bertz CT molecular complexity index is 537. The summed E-state index contributed by atoms with van der Waals surface area (Å²) >= 11 is 1.59. The smallest absolute Gasteiger partial charge is 0.213 e. The average Bonchev–Trinajstić information content (AvgIpc) is 3.08. The summed E-state index contributed by atoms with van der Waals surface area (Å²) in [5, 5.41) is 8.90. The lowest BCUT2D eigenvalue weighted by Crippen LogP contribution is -2.39. The third-order valence-electron chi connectivity index (χ3n) is 3.86. The Morgan fingerprint density at radius 1 is 1.32 bits per heavy atom. The number of imidazole rings is 1. The molecule has 1 aliphatic carbocycles. The molecule has 2 aliphatic rings. The van der Waals surface area contributed by atoms with Crippen LogP contribution in [0.3, 0.4) is 0 Å². The summed E-state index contributed by atoms with van der Waals surface area (Å²) in [6, 6.07) is 0.453. The van der Waals surface area contributed by atoms with Gasteiger partial charge < -0.3 is 14.8 Å². The molecule has 2 fully saturated rings. The molecular formula is C12H16N4O2S. The van der Waals surface area contributed by atoms with Gasteiger partial charge in [-0.05, 0) is 12.8 Å². The van der Waals surface area contributed by atoms with Crippen molar-refractivity contribution in [2.75, 3.05) is 18.5 Å². The second kappa shape index (κ2) is 4.43. The van der Waals surface area contributed by atoms with Gasteiger partial charge in [0.25, 0.3) is 0 Å². The van der Waals surface area contributed by atoms with E-state index in [1.165, 1.54) is 0 Å². The normalized spacial score (nSPS) is 23.4. The minimum Gasteiger partial charge on any atom is -0.357 e. The van der Waals surface area contributed by atoms with Gasteiger partial charge in [0.05, 0.1) is 19.4 Å². The number of aromatic nitrogens is 3. The van der Waals surface area contributed by atoms with E-state index in [9.17, 15) is 0 Å². The van der Waals surface area contributed by atoms with E-state index >= 15 is 0 Å². The van der Waals surface area contributed by atoms with Gasteiger partial charge in [0, 0.05) is 25.1 Å². The summed E-state index contributed by atoms with van der Waals surface area (Å²) in [4.78, 5) is 5.16. The van der Waals surface area contributed by atoms with Crippen LogP contribution in [0.5, 0.6) is 0 Å². The van der Waals surface area contributed by atoms with Gasteiger partial charge in [0.1, 0.15) is 0 Å². The minimum atomic E-state index is -0.282. The first-order valence-corrected chi connectivity index (χ1v) is 7.49. The Morgan fingerprint density at radius 3 is 2.84 bits per heavy atom. The van der Waals surface area contributed by atoms with E-state index in [0.29, 0.717) is 6.04 Å². The quantitative estimate of drug-likeness (QED) is 0.910. The maximum Gasteiger partial charge on any atom is 0.213 e. The van der Waals surface area contributed by atoms with E-state index in [0.717, 1.165) is 49.0 Å². The number of rotatable bonds is 2. The standard InChI is InChI=1S/C12H16N4O2S/c1-3-12(17-7-8-18-12)4-2-9(1)14-10-15-16-6-5-13-11(16)19-10/h5-6,9H,1-4,7-8H2,(H,14,15). The fourth-order valence-electron chi connectivity index (χ4n) is 2.86. The van der Waals surface area contributed by atoms with Crippen LogP contribution in [0.4, 0.5) is 5.13 Å². The van der Waals surface area contributed by atoms with Crippen molar-refractivity contribution in [3.05, 3.63) is 12.4 Å². The van der Waals surface area contributed by atoms with Gasteiger partial charge in [0.15, 0.2) is 5.79 Å². The summed E-state index contributed by atoms with van der Waals surface area (Å²) in [6.07, 6.45) is 7.68. The van der Waals surface area contributed by atoms with E-state index in [4.69, 9.17) is 9.47 Å². The molecule has 102 valence electrons. The largest absolute Gasteiger partial charge is 0.357 e. The lowest BCUT2D eigenvalue weighted by molar-refractivity contribution is -0.177. The van der Waals surface area contributed by atoms with E-state index in [2.05, 4.69) is 15.4 Å². The highest BCUT2D eigenvalue weighted by molar-refractivity contribution is 7.20. The van der Waals surface area contributed by atoms with Gasteiger partial charge in [-0.2, -0.15) is 0 Å². The molecule has 1 N–H and O–H groups in total. The van der Waals surface area contributed by atoms with Crippen molar-refractivity contribution in [1.82, 2.24) is 14.6 Å². The number of fused-ring (bicyclic) bond motifs is 1. The van der Waals surface area contributed by atoms with Crippen molar-refractivity contribution in [3.8, 4) is 0 Å². The first-order valence-electron chi connectivity index (χ1n) is 6.68. The van der Waals surface area contributed by atoms with Gasteiger partial charge in [-0.3, -0.25) is 0 Å². The van der Waals surface area contributed by atoms with Gasteiger partial charge in [-0.25, -0.2) is 9.50 Å². The Balaban J connectivity index is 1.40. The molecule has 0 unspecified atom stereocenters.